The lowest BCUT2D eigenvalue weighted by molar-refractivity contribution is 0.0592. The summed E-state index contributed by atoms with van der Waals surface area (Å²) in [6.07, 6.45) is 1.38. The summed E-state index contributed by atoms with van der Waals surface area (Å²) in [4.78, 5) is 29.6. The second kappa shape index (κ2) is 9.73. The first-order chi connectivity index (χ1) is 13.7. The van der Waals surface area contributed by atoms with Crippen LogP contribution in [0, 0.1) is 5.92 Å². The lowest BCUT2D eigenvalue weighted by Gasteiger charge is -2.31. The topological polar surface area (TPSA) is 78.0 Å². The van der Waals surface area contributed by atoms with E-state index in [1.54, 1.807) is 23.1 Å². The van der Waals surface area contributed by atoms with Crippen molar-refractivity contribution >= 4 is 12.1 Å². The number of nitrogens with zero attached hydrogens (tertiary/aromatic N) is 2. The van der Waals surface area contributed by atoms with Crippen molar-refractivity contribution in [2.24, 2.45) is 5.92 Å². The minimum Gasteiger partial charge on any atom is -0.477 e. The van der Waals surface area contributed by atoms with Gasteiger partial charge >= 0.3 is 12.1 Å². The molecule has 1 aliphatic heterocycles. The van der Waals surface area contributed by atoms with E-state index < -0.39 is 5.97 Å². The number of rotatable bonds is 6. The number of pyridine rings is 1. The molecule has 0 aliphatic carbocycles. The molecule has 2 heterocycles. The molecule has 1 amide bonds. The smallest absolute Gasteiger partial charge is 0.410 e. The van der Waals surface area contributed by atoms with Gasteiger partial charge in [-0.2, -0.15) is 0 Å². The third-order valence-corrected chi connectivity index (χ3v) is 4.66. The Bertz CT molecular complexity index is 788. The zero-order chi connectivity index (χ0) is 19.8. The number of aromatic nitrogens is 1. The van der Waals surface area contributed by atoms with E-state index in [-0.39, 0.29) is 18.4 Å². The highest BCUT2D eigenvalue weighted by atomic mass is 16.6. The van der Waals surface area contributed by atoms with Crippen molar-refractivity contribution in [2.45, 2.75) is 19.4 Å². The van der Waals surface area contributed by atoms with Gasteiger partial charge in [0.25, 0.3) is 0 Å². The van der Waals surface area contributed by atoms with Crippen molar-refractivity contribution in [3.05, 3.63) is 59.8 Å². The second-order valence-electron chi connectivity index (χ2n) is 6.63. The molecule has 1 aliphatic rings. The number of hydrogen-bond acceptors (Lipinski definition) is 6. The number of ether oxygens (including phenoxy) is 3. The Morgan fingerprint density at radius 2 is 1.82 bits per heavy atom. The largest absolute Gasteiger partial charge is 0.477 e. The highest BCUT2D eigenvalue weighted by Crippen LogP contribution is 2.20. The first-order valence-corrected chi connectivity index (χ1v) is 9.29. The molecule has 0 radical (unpaired) electrons. The lowest BCUT2D eigenvalue weighted by atomic mass is 9.98. The maximum Gasteiger partial charge on any atom is 0.410 e. The van der Waals surface area contributed by atoms with Gasteiger partial charge in [-0.05, 0) is 30.4 Å². The number of methoxy groups -OCH3 is 1. The maximum absolute atomic E-state index is 12.2. The van der Waals surface area contributed by atoms with Gasteiger partial charge < -0.3 is 19.1 Å². The van der Waals surface area contributed by atoms with Crippen molar-refractivity contribution in [1.82, 2.24) is 9.88 Å². The summed E-state index contributed by atoms with van der Waals surface area (Å²) in [5, 5.41) is 0. The summed E-state index contributed by atoms with van der Waals surface area (Å²) in [6.45, 7) is 2.05. The van der Waals surface area contributed by atoms with Gasteiger partial charge in [0.05, 0.1) is 13.7 Å². The molecule has 1 aromatic heterocycles. The van der Waals surface area contributed by atoms with E-state index in [1.807, 2.05) is 30.3 Å². The van der Waals surface area contributed by atoms with Crippen molar-refractivity contribution in [1.29, 1.82) is 0 Å². The second-order valence-corrected chi connectivity index (χ2v) is 6.63. The molecule has 2 aromatic rings. The molecule has 1 saturated heterocycles. The molecule has 28 heavy (non-hydrogen) atoms. The number of likely N-dealkylation sites (tertiary alicyclic amines) is 1. The monoisotopic (exact) mass is 384 g/mol. The summed E-state index contributed by atoms with van der Waals surface area (Å²) in [7, 11) is 1.32. The fourth-order valence-electron chi connectivity index (χ4n) is 3.01. The summed E-state index contributed by atoms with van der Waals surface area (Å²) in [5.41, 5.74) is 1.19. The summed E-state index contributed by atoms with van der Waals surface area (Å²) < 4.78 is 15.8. The number of benzene rings is 1. The van der Waals surface area contributed by atoms with Gasteiger partial charge in [-0.15, -0.1) is 0 Å². The van der Waals surface area contributed by atoms with E-state index in [2.05, 4.69) is 9.72 Å². The quantitative estimate of drug-likeness (QED) is 0.711. The van der Waals surface area contributed by atoms with Crippen LogP contribution in [0.4, 0.5) is 4.79 Å². The fourth-order valence-corrected chi connectivity index (χ4v) is 3.01. The standard InChI is InChI=1S/C21H24N2O5/c1-26-20(24)18-8-5-9-19(22-18)27-14-17-10-12-23(13-11-17)21(25)28-15-16-6-3-2-4-7-16/h2-9,17H,10-15H2,1H3. The zero-order valence-corrected chi connectivity index (χ0v) is 15.9. The molecule has 1 aromatic carbocycles. The molecule has 0 unspecified atom stereocenters. The van der Waals surface area contributed by atoms with Crippen LogP contribution in [0.5, 0.6) is 5.88 Å². The molecule has 0 spiro atoms. The Hall–Kier alpha value is -3.09. The number of hydrogen-bond donors (Lipinski definition) is 0. The Morgan fingerprint density at radius 3 is 2.54 bits per heavy atom. The minimum atomic E-state index is -0.493. The maximum atomic E-state index is 12.2. The first kappa shape index (κ1) is 19.7. The number of carbonyl (C=O) groups is 2. The Balaban J connectivity index is 1.40. The van der Waals surface area contributed by atoms with E-state index >= 15 is 0 Å². The number of esters is 1. The summed E-state index contributed by atoms with van der Waals surface area (Å²) in [6, 6.07) is 14.6. The third kappa shape index (κ3) is 5.45. The van der Waals surface area contributed by atoms with Crippen LogP contribution in [0.15, 0.2) is 48.5 Å². The van der Waals surface area contributed by atoms with Crippen LogP contribution in [0.25, 0.3) is 0 Å². The molecule has 1 fully saturated rings. The summed E-state index contributed by atoms with van der Waals surface area (Å²) >= 11 is 0. The highest BCUT2D eigenvalue weighted by molar-refractivity contribution is 5.87. The van der Waals surface area contributed by atoms with E-state index in [0.717, 1.165) is 18.4 Å². The van der Waals surface area contributed by atoms with Crippen LogP contribution in [0.3, 0.4) is 0 Å². The van der Waals surface area contributed by atoms with E-state index in [0.29, 0.717) is 31.5 Å². The van der Waals surface area contributed by atoms with E-state index in [1.165, 1.54) is 7.11 Å². The molecular formula is C21H24N2O5. The molecule has 148 valence electrons. The molecule has 0 atom stereocenters. The van der Waals surface area contributed by atoms with Gasteiger partial charge in [0.1, 0.15) is 6.61 Å². The molecule has 0 saturated carbocycles. The van der Waals surface area contributed by atoms with Gasteiger partial charge in [0.2, 0.25) is 5.88 Å². The van der Waals surface area contributed by atoms with E-state index in [4.69, 9.17) is 9.47 Å². The fraction of sp³-hybridized carbons (Fsp3) is 0.381. The number of piperidine rings is 1. The zero-order valence-electron chi connectivity index (χ0n) is 15.9. The SMILES string of the molecule is COC(=O)c1cccc(OCC2CCN(C(=O)OCc3ccccc3)CC2)n1. The van der Waals surface area contributed by atoms with Crippen molar-refractivity contribution in [2.75, 3.05) is 26.8 Å². The van der Waals surface area contributed by atoms with E-state index in [9.17, 15) is 9.59 Å². The Labute approximate surface area is 164 Å². The van der Waals surface area contributed by atoms with Crippen LogP contribution in [0.1, 0.15) is 28.9 Å². The summed E-state index contributed by atoms with van der Waals surface area (Å²) in [5.74, 6) is 0.224. The van der Waals surface area contributed by atoms with Crippen LogP contribution in [0.2, 0.25) is 0 Å². The van der Waals surface area contributed by atoms with Crippen LogP contribution in [-0.4, -0.2) is 48.8 Å². The van der Waals surface area contributed by atoms with Crippen LogP contribution in [-0.2, 0) is 16.1 Å². The van der Waals surface area contributed by atoms with Gasteiger partial charge in [-0.3, -0.25) is 0 Å². The Morgan fingerprint density at radius 1 is 1.07 bits per heavy atom. The van der Waals surface area contributed by atoms with Crippen molar-refractivity contribution in [3.8, 4) is 5.88 Å². The third-order valence-electron chi connectivity index (χ3n) is 4.66. The Kier molecular flexibility index (Phi) is 6.84. The predicted molar refractivity (Wildman–Crippen MR) is 102 cm³/mol. The lowest BCUT2D eigenvalue weighted by Crippen LogP contribution is -2.40. The molecule has 7 nitrogen and oxygen atoms in total. The van der Waals surface area contributed by atoms with Gasteiger partial charge in [0.15, 0.2) is 5.69 Å². The van der Waals surface area contributed by atoms with Gasteiger partial charge in [-0.1, -0.05) is 36.4 Å². The van der Waals surface area contributed by atoms with Crippen LogP contribution < -0.4 is 4.74 Å². The predicted octanol–water partition coefficient (Wildman–Crippen LogP) is 3.30. The average Bonchev–Trinajstić information content (AvgIpc) is 2.76. The van der Waals surface area contributed by atoms with Crippen LogP contribution >= 0.6 is 0 Å². The molecule has 7 heteroatoms. The highest BCUT2D eigenvalue weighted by Gasteiger charge is 2.24. The molecule has 0 bridgehead atoms. The normalized spacial score (nSPS) is 14.4. The molecule has 3 rings (SSSR count). The van der Waals surface area contributed by atoms with Gasteiger partial charge in [0, 0.05) is 19.2 Å². The minimum absolute atomic E-state index is 0.219. The van der Waals surface area contributed by atoms with Gasteiger partial charge in [-0.25, -0.2) is 14.6 Å². The molecular weight excluding hydrogens is 360 g/mol. The average molecular weight is 384 g/mol. The van der Waals surface area contributed by atoms with Crippen molar-refractivity contribution < 1.29 is 23.8 Å². The number of carbonyl (C=O) groups excluding carboxylic acids is 2. The molecule has 0 N–H and O–H groups in total. The van der Waals surface area contributed by atoms with Crippen molar-refractivity contribution in [3.63, 3.8) is 0 Å². The first-order valence-electron chi connectivity index (χ1n) is 9.29. The number of amides is 1.